The lowest BCUT2D eigenvalue weighted by Crippen LogP contribution is -2.50. The molecule has 2 aliphatic rings. The van der Waals surface area contributed by atoms with Gasteiger partial charge in [0.1, 0.15) is 12.6 Å². The first kappa shape index (κ1) is 22.7. The first-order valence-corrected chi connectivity index (χ1v) is 11.2. The van der Waals surface area contributed by atoms with Crippen LogP contribution in [0.1, 0.15) is 22.3 Å². The van der Waals surface area contributed by atoms with Crippen molar-refractivity contribution >= 4 is 35.7 Å². The third-order valence-electron chi connectivity index (χ3n) is 5.33. The molecule has 0 saturated carbocycles. The highest BCUT2D eigenvalue weighted by Gasteiger charge is 2.57. The molecule has 2 saturated heterocycles. The second kappa shape index (κ2) is 9.95. The number of carbonyl (C=O) groups excluding carboxylic acids is 4. The molecule has 2 heterocycles. The van der Waals surface area contributed by atoms with Crippen LogP contribution >= 0.6 is 11.8 Å². The lowest BCUT2D eigenvalue weighted by atomic mass is 10.2. The quantitative estimate of drug-likeness (QED) is 0.506. The zero-order chi connectivity index (χ0) is 23.4. The fraction of sp³-hybridized carbons (Fsp3) is 0.304. The predicted molar refractivity (Wildman–Crippen MR) is 118 cm³/mol. The van der Waals surface area contributed by atoms with Gasteiger partial charge in [-0.25, -0.2) is 14.4 Å². The van der Waals surface area contributed by atoms with Crippen molar-refractivity contribution in [3.8, 4) is 0 Å². The Balaban J connectivity index is 1.39. The number of esters is 2. The van der Waals surface area contributed by atoms with E-state index in [-0.39, 0.29) is 13.0 Å². The molecule has 0 aliphatic carbocycles. The Labute approximate surface area is 194 Å². The smallest absolute Gasteiger partial charge is 0.408 e. The number of ether oxygens (including phenoxy) is 3. The normalized spacial score (nSPS) is 23.5. The van der Waals surface area contributed by atoms with Crippen LogP contribution in [0.15, 0.2) is 60.7 Å². The highest BCUT2D eigenvalue weighted by molar-refractivity contribution is 8.00. The Bertz CT molecular complexity index is 1030. The maximum absolute atomic E-state index is 13.0. The third-order valence-corrected chi connectivity index (χ3v) is 6.69. The minimum Gasteiger partial charge on any atom is -0.467 e. The van der Waals surface area contributed by atoms with E-state index >= 15 is 0 Å². The summed E-state index contributed by atoms with van der Waals surface area (Å²) in [6, 6.07) is 15.5. The number of methoxy groups -OCH3 is 1. The number of thioether (sulfide) groups is 1. The predicted octanol–water partition coefficient (Wildman–Crippen LogP) is 2.31. The van der Waals surface area contributed by atoms with Crippen molar-refractivity contribution in [3.63, 3.8) is 0 Å². The van der Waals surface area contributed by atoms with Crippen molar-refractivity contribution < 1.29 is 33.4 Å². The van der Waals surface area contributed by atoms with Crippen molar-refractivity contribution in [1.29, 1.82) is 0 Å². The van der Waals surface area contributed by atoms with Gasteiger partial charge in [-0.1, -0.05) is 60.3 Å². The van der Waals surface area contributed by atoms with Crippen molar-refractivity contribution in [1.82, 2.24) is 10.2 Å². The van der Waals surface area contributed by atoms with E-state index in [0.717, 1.165) is 5.56 Å². The minimum atomic E-state index is -1.11. The number of nitrogens with one attached hydrogen (secondary N) is 1. The Hall–Kier alpha value is -3.53. The van der Waals surface area contributed by atoms with Crippen LogP contribution < -0.4 is 5.32 Å². The van der Waals surface area contributed by atoms with E-state index in [0.29, 0.717) is 5.56 Å². The van der Waals surface area contributed by atoms with Crippen LogP contribution in [0.4, 0.5) is 4.79 Å². The lowest BCUT2D eigenvalue weighted by molar-refractivity contribution is -0.153. The fourth-order valence-corrected chi connectivity index (χ4v) is 5.26. The highest BCUT2D eigenvalue weighted by Crippen LogP contribution is 2.43. The van der Waals surface area contributed by atoms with Crippen LogP contribution in [0.3, 0.4) is 0 Å². The molecule has 9 nitrogen and oxygen atoms in total. The second-order valence-electron chi connectivity index (χ2n) is 7.44. The average molecular weight is 471 g/mol. The Morgan fingerprint density at radius 1 is 1.06 bits per heavy atom. The molecule has 10 heteroatoms. The molecule has 0 unspecified atom stereocenters. The van der Waals surface area contributed by atoms with E-state index in [4.69, 9.17) is 14.2 Å². The molecule has 2 aromatic rings. The van der Waals surface area contributed by atoms with Crippen LogP contribution in [0.25, 0.3) is 0 Å². The topological polar surface area (TPSA) is 111 Å². The monoisotopic (exact) mass is 470 g/mol. The van der Waals surface area contributed by atoms with Crippen molar-refractivity contribution in [3.05, 3.63) is 71.8 Å². The van der Waals surface area contributed by atoms with Crippen LogP contribution in [-0.4, -0.2) is 58.8 Å². The van der Waals surface area contributed by atoms with Gasteiger partial charge in [0.15, 0.2) is 11.5 Å². The SMILES string of the molecule is COC(=O)[C@@H]1[C@@H](OC(=O)c2ccccc2)S[C@H]2C[C@@H](NC(=O)OCc3ccccc3)C(=O)N21. The van der Waals surface area contributed by atoms with E-state index in [1.807, 2.05) is 30.3 Å². The Morgan fingerprint density at radius 3 is 2.39 bits per heavy atom. The van der Waals surface area contributed by atoms with E-state index in [9.17, 15) is 19.2 Å². The molecule has 2 amide bonds. The Kier molecular flexibility index (Phi) is 6.83. The maximum atomic E-state index is 13.0. The number of fused-ring (bicyclic) bond motifs is 1. The maximum Gasteiger partial charge on any atom is 0.408 e. The fourth-order valence-electron chi connectivity index (χ4n) is 3.75. The van der Waals surface area contributed by atoms with Gasteiger partial charge in [0.2, 0.25) is 5.91 Å². The average Bonchev–Trinajstić information content (AvgIpc) is 3.33. The number of alkyl carbamates (subject to hydrolysis) is 1. The van der Waals surface area contributed by atoms with Gasteiger partial charge in [0.05, 0.1) is 18.0 Å². The highest BCUT2D eigenvalue weighted by atomic mass is 32.2. The molecule has 2 fully saturated rings. The standard InChI is InChI=1S/C23H22N2O7S/c1-30-21(28)18-22(32-20(27)15-10-6-3-7-11-15)33-17-12-16(19(26)25(17)18)24-23(29)31-13-14-8-4-2-5-9-14/h2-11,16-18,22H,12-13H2,1H3,(H,24,29)/t16-,17+,18-,22+/m1/s1. The summed E-state index contributed by atoms with van der Waals surface area (Å²) in [4.78, 5) is 51.5. The first-order chi connectivity index (χ1) is 16.0. The summed E-state index contributed by atoms with van der Waals surface area (Å²) in [5.74, 6) is -1.76. The molecule has 0 aromatic heterocycles. The molecule has 0 spiro atoms. The van der Waals surface area contributed by atoms with Crippen molar-refractivity contribution in [2.45, 2.75) is 35.9 Å². The summed E-state index contributed by atoms with van der Waals surface area (Å²) in [5.41, 5.74) is 0.223. The zero-order valence-corrected chi connectivity index (χ0v) is 18.5. The number of hydrogen-bond acceptors (Lipinski definition) is 8. The molecule has 0 radical (unpaired) electrons. The third kappa shape index (κ3) is 4.95. The van der Waals surface area contributed by atoms with E-state index in [2.05, 4.69) is 5.32 Å². The van der Waals surface area contributed by atoms with Crippen molar-refractivity contribution in [2.24, 2.45) is 0 Å². The molecule has 4 rings (SSSR count). The molecular weight excluding hydrogens is 448 g/mol. The van der Waals surface area contributed by atoms with E-state index in [1.54, 1.807) is 30.3 Å². The molecule has 0 bridgehead atoms. The summed E-state index contributed by atoms with van der Waals surface area (Å²) >= 11 is 1.17. The summed E-state index contributed by atoms with van der Waals surface area (Å²) in [7, 11) is 1.20. The van der Waals surface area contributed by atoms with Gasteiger partial charge < -0.3 is 24.4 Å². The molecule has 1 N–H and O–H groups in total. The van der Waals surface area contributed by atoms with Crippen LogP contribution in [0.5, 0.6) is 0 Å². The Morgan fingerprint density at radius 2 is 1.73 bits per heavy atom. The number of benzene rings is 2. The van der Waals surface area contributed by atoms with Gasteiger partial charge in [-0.2, -0.15) is 0 Å². The molecule has 4 atom stereocenters. The number of amides is 2. The number of rotatable bonds is 6. The number of nitrogens with zero attached hydrogens (tertiary/aromatic N) is 1. The molecule has 2 aromatic carbocycles. The molecular formula is C23H22N2O7S. The first-order valence-electron chi connectivity index (χ1n) is 10.3. The minimum absolute atomic E-state index is 0.0672. The van der Waals surface area contributed by atoms with E-state index < -0.39 is 46.8 Å². The van der Waals surface area contributed by atoms with Gasteiger partial charge in [-0.15, -0.1) is 0 Å². The van der Waals surface area contributed by atoms with Crippen LogP contribution in [-0.2, 0) is 30.4 Å². The summed E-state index contributed by atoms with van der Waals surface area (Å²) in [5, 5.41) is 2.10. The molecule has 2 aliphatic heterocycles. The number of carbonyl (C=O) groups is 4. The zero-order valence-electron chi connectivity index (χ0n) is 17.7. The van der Waals surface area contributed by atoms with E-state index in [1.165, 1.54) is 23.8 Å². The van der Waals surface area contributed by atoms with Gasteiger partial charge in [-0.3, -0.25) is 4.79 Å². The van der Waals surface area contributed by atoms with Crippen LogP contribution in [0, 0.1) is 0 Å². The summed E-state index contributed by atoms with van der Waals surface area (Å²) in [6.45, 7) is 0.0672. The van der Waals surface area contributed by atoms with Crippen molar-refractivity contribution in [2.75, 3.05) is 7.11 Å². The van der Waals surface area contributed by atoms with Gasteiger partial charge in [-0.05, 0) is 17.7 Å². The molecule has 172 valence electrons. The second-order valence-corrected chi connectivity index (χ2v) is 8.72. The number of hydrogen-bond donors (Lipinski definition) is 1. The van der Waals surface area contributed by atoms with Gasteiger partial charge in [0, 0.05) is 6.42 Å². The summed E-state index contributed by atoms with van der Waals surface area (Å²) < 4.78 is 15.6. The molecule has 33 heavy (non-hydrogen) atoms. The largest absolute Gasteiger partial charge is 0.467 e. The van der Waals surface area contributed by atoms with Gasteiger partial charge in [0.25, 0.3) is 0 Å². The summed E-state index contributed by atoms with van der Waals surface area (Å²) in [6.07, 6.45) is -0.498. The van der Waals surface area contributed by atoms with Crippen LogP contribution in [0.2, 0.25) is 0 Å². The lowest BCUT2D eigenvalue weighted by Gasteiger charge is -2.24. The van der Waals surface area contributed by atoms with Gasteiger partial charge >= 0.3 is 18.0 Å².